The molecule has 0 unspecified atom stereocenters. The van der Waals surface area contributed by atoms with Crippen LogP contribution in [0, 0.1) is 6.92 Å². The van der Waals surface area contributed by atoms with E-state index in [9.17, 15) is 4.79 Å². The van der Waals surface area contributed by atoms with Crippen LogP contribution in [0.2, 0.25) is 5.02 Å². The lowest BCUT2D eigenvalue weighted by atomic mass is 10.2. The van der Waals surface area contributed by atoms with Crippen LogP contribution < -0.4 is 5.32 Å². The quantitative estimate of drug-likeness (QED) is 0.268. The molecule has 36 heavy (non-hydrogen) atoms. The van der Waals surface area contributed by atoms with Crippen molar-refractivity contribution in [1.82, 2.24) is 35.0 Å². The average molecular weight is 534 g/mol. The van der Waals surface area contributed by atoms with E-state index in [0.29, 0.717) is 34.0 Å². The van der Waals surface area contributed by atoms with Gasteiger partial charge in [-0.25, -0.2) is 4.98 Å². The van der Waals surface area contributed by atoms with Gasteiger partial charge in [-0.2, -0.15) is 0 Å². The molecule has 5 rings (SSSR count). The number of carbonyl (C=O) groups is 1. The highest BCUT2D eigenvalue weighted by atomic mass is 35.5. The molecule has 0 atom stereocenters. The maximum absolute atomic E-state index is 12.5. The van der Waals surface area contributed by atoms with Crippen LogP contribution in [0.3, 0.4) is 0 Å². The van der Waals surface area contributed by atoms with E-state index in [1.807, 2.05) is 54.0 Å². The van der Waals surface area contributed by atoms with Crippen molar-refractivity contribution in [2.24, 2.45) is 0 Å². The molecule has 0 saturated heterocycles. The number of aryl methyl sites for hydroxylation is 1. The Balaban J connectivity index is 1.35. The number of thioether (sulfide) groups is 1. The van der Waals surface area contributed by atoms with E-state index < -0.39 is 0 Å². The van der Waals surface area contributed by atoms with E-state index >= 15 is 0 Å². The number of amides is 1. The molecule has 0 saturated carbocycles. The topological polar surface area (TPSA) is 98.5 Å². The average Bonchev–Trinajstić information content (AvgIpc) is 3.56. The van der Waals surface area contributed by atoms with Gasteiger partial charge in [0.15, 0.2) is 11.0 Å². The number of pyridine rings is 2. The molecule has 180 valence electrons. The first-order chi connectivity index (χ1) is 17.6. The molecular weight excluding hydrogens is 514 g/mol. The largest absolute Gasteiger partial charge is 0.347 e. The predicted molar refractivity (Wildman–Crippen MR) is 141 cm³/mol. The van der Waals surface area contributed by atoms with Crippen molar-refractivity contribution < 1.29 is 4.79 Å². The molecule has 0 aliphatic carbocycles. The van der Waals surface area contributed by atoms with Crippen molar-refractivity contribution in [2.45, 2.75) is 24.4 Å². The Hall–Kier alpha value is -3.60. The lowest BCUT2D eigenvalue weighted by molar-refractivity contribution is 0.0946. The molecule has 0 fully saturated rings. The summed E-state index contributed by atoms with van der Waals surface area (Å²) in [5.41, 5.74) is 4.15. The molecule has 1 N–H and O–H groups in total. The second-order valence-electron chi connectivity index (χ2n) is 7.77. The lowest BCUT2D eigenvalue weighted by Crippen LogP contribution is -2.23. The van der Waals surface area contributed by atoms with Gasteiger partial charge in [0, 0.05) is 47.3 Å². The summed E-state index contributed by atoms with van der Waals surface area (Å²) in [5, 5.41) is 15.7. The summed E-state index contributed by atoms with van der Waals surface area (Å²) in [5.74, 6) is 1.01. The van der Waals surface area contributed by atoms with Crippen LogP contribution in [0.1, 0.15) is 26.6 Å². The van der Waals surface area contributed by atoms with Gasteiger partial charge in [0.25, 0.3) is 5.91 Å². The molecular formula is C25H20ClN7OS2. The first-order valence-corrected chi connectivity index (χ1v) is 13.2. The van der Waals surface area contributed by atoms with Gasteiger partial charge in [-0.1, -0.05) is 35.5 Å². The number of nitrogens with zero attached hydrogens (tertiary/aromatic N) is 6. The Morgan fingerprint density at radius 1 is 1.11 bits per heavy atom. The van der Waals surface area contributed by atoms with Gasteiger partial charge in [-0.3, -0.25) is 19.3 Å². The Morgan fingerprint density at radius 2 is 1.97 bits per heavy atom. The van der Waals surface area contributed by atoms with Crippen molar-refractivity contribution in [3.63, 3.8) is 0 Å². The van der Waals surface area contributed by atoms with E-state index in [2.05, 4.69) is 30.5 Å². The van der Waals surface area contributed by atoms with Crippen molar-refractivity contribution in [3.8, 4) is 17.1 Å². The predicted octanol–water partition coefficient (Wildman–Crippen LogP) is 5.36. The summed E-state index contributed by atoms with van der Waals surface area (Å²) in [7, 11) is 0. The van der Waals surface area contributed by atoms with Gasteiger partial charge in [-0.15, -0.1) is 21.5 Å². The van der Waals surface area contributed by atoms with Gasteiger partial charge in [0.1, 0.15) is 10.7 Å². The Kier molecular flexibility index (Phi) is 7.36. The fourth-order valence-corrected chi connectivity index (χ4v) is 5.38. The molecule has 0 spiro atoms. The van der Waals surface area contributed by atoms with Crippen molar-refractivity contribution in [3.05, 3.63) is 99.5 Å². The van der Waals surface area contributed by atoms with Crippen LogP contribution in [-0.2, 0) is 12.3 Å². The zero-order chi connectivity index (χ0) is 24.9. The smallest absolute Gasteiger partial charge is 0.271 e. The first kappa shape index (κ1) is 24.1. The van der Waals surface area contributed by atoms with Crippen molar-refractivity contribution in [2.75, 3.05) is 0 Å². The SMILES string of the molecule is Cc1ccc(Cl)cc1-n1c(SCc2nc(C(=O)NCc3cccnc3)cs2)nnc1-c1ccncc1. The summed E-state index contributed by atoms with van der Waals surface area (Å²) < 4.78 is 2.00. The zero-order valence-electron chi connectivity index (χ0n) is 19.1. The monoisotopic (exact) mass is 533 g/mol. The number of rotatable bonds is 8. The Morgan fingerprint density at radius 3 is 2.78 bits per heavy atom. The van der Waals surface area contributed by atoms with Crippen LogP contribution in [0.15, 0.2) is 77.8 Å². The number of carbonyl (C=O) groups excluding carboxylic acids is 1. The highest BCUT2D eigenvalue weighted by molar-refractivity contribution is 7.98. The number of hydrogen-bond donors (Lipinski definition) is 1. The van der Waals surface area contributed by atoms with Gasteiger partial charge in [0.2, 0.25) is 0 Å². The van der Waals surface area contributed by atoms with Gasteiger partial charge < -0.3 is 5.32 Å². The van der Waals surface area contributed by atoms with E-state index in [1.165, 1.54) is 23.1 Å². The highest BCUT2D eigenvalue weighted by Gasteiger charge is 2.19. The molecule has 5 aromatic rings. The zero-order valence-corrected chi connectivity index (χ0v) is 21.5. The summed E-state index contributed by atoms with van der Waals surface area (Å²) in [6.07, 6.45) is 6.87. The molecule has 8 nitrogen and oxygen atoms in total. The van der Waals surface area contributed by atoms with Crippen molar-refractivity contribution >= 4 is 40.6 Å². The second-order valence-corrected chi connectivity index (χ2v) is 10.1. The highest BCUT2D eigenvalue weighted by Crippen LogP contribution is 2.32. The second kappa shape index (κ2) is 11.0. The number of hydrogen-bond acceptors (Lipinski definition) is 8. The lowest BCUT2D eigenvalue weighted by Gasteiger charge is -2.13. The molecule has 4 aromatic heterocycles. The summed E-state index contributed by atoms with van der Waals surface area (Å²) >= 11 is 9.27. The maximum atomic E-state index is 12.5. The van der Waals surface area contributed by atoms with E-state index in [1.54, 1.807) is 30.2 Å². The third-order valence-corrected chi connectivity index (χ3v) is 7.48. The van der Waals surface area contributed by atoms with Gasteiger partial charge >= 0.3 is 0 Å². The fraction of sp³-hybridized carbons (Fsp3) is 0.120. The minimum absolute atomic E-state index is 0.218. The molecule has 11 heteroatoms. The van der Waals surface area contributed by atoms with Crippen LogP contribution in [0.4, 0.5) is 0 Å². The number of halogens is 1. The minimum atomic E-state index is -0.218. The van der Waals surface area contributed by atoms with Gasteiger partial charge in [0.05, 0.1) is 11.4 Å². The Bertz CT molecular complexity index is 1490. The molecule has 1 amide bonds. The van der Waals surface area contributed by atoms with Crippen LogP contribution in [-0.4, -0.2) is 35.6 Å². The van der Waals surface area contributed by atoms with Crippen LogP contribution in [0.5, 0.6) is 0 Å². The molecule has 0 aliphatic heterocycles. The molecule has 0 bridgehead atoms. The first-order valence-electron chi connectivity index (χ1n) is 10.9. The summed E-state index contributed by atoms with van der Waals surface area (Å²) in [6.45, 7) is 2.42. The molecule has 0 radical (unpaired) electrons. The number of benzene rings is 1. The molecule has 4 heterocycles. The van der Waals surface area contributed by atoms with Crippen molar-refractivity contribution in [1.29, 1.82) is 0 Å². The van der Waals surface area contributed by atoms with E-state index in [-0.39, 0.29) is 5.91 Å². The number of nitrogens with one attached hydrogen (secondary N) is 1. The standard InChI is InChI=1S/C25H20ClN7OS2/c1-16-4-5-19(26)11-21(16)33-23(18-6-9-27-10-7-18)31-32-25(33)36-15-22-30-20(14-35-22)24(34)29-13-17-3-2-8-28-12-17/h2-12,14H,13,15H2,1H3,(H,29,34). The third-order valence-electron chi connectivity index (χ3n) is 5.27. The minimum Gasteiger partial charge on any atom is -0.347 e. The molecule has 0 aliphatic rings. The summed E-state index contributed by atoms with van der Waals surface area (Å²) in [4.78, 5) is 25.2. The van der Waals surface area contributed by atoms with Crippen LogP contribution in [0.25, 0.3) is 17.1 Å². The van der Waals surface area contributed by atoms with Crippen LogP contribution >= 0.6 is 34.7 Å². The number of aromatic nitrogens is 6. The Labute approximate surface area is 220 Å². The summed E-state index contributed by atoms with van der Waals surface area (Å²) in [6, 6.07) is 13.3. The third kappa shape index (κ3) is 5.46. The van der Waals surface area contributed by atoms with E-state index in [4.69, 9.17) is 11.6 Å². The fourth-order valence-electron chi connectivity index (χ4n) is 3.48. The van der Waals surface area contributed by atoms with Gasteiger partial charge in [-0.05, 0) is 48.4 Å². The molecule has 1 aromatic carbocycles. The maximum Gasteiger partial charge on any atom is 0.271 e. The normalized spacial score (nSPS) is 10.9. The van der Waals surface area contributed by atoms with E-state index in [0.717, 1.165) is 27.4 Å². The number of thiazole rings is 1.